The third-order valence-electron chi connectivity index (χ3n) is 6.52. The Bertz CT molecular complexity index is 1680. The molecule has 2 heterocycles. The number of aliphatic hydroxyl groups is 1. The fraction of sp³-hybridized carbons (Fsp3) is 0.125. The van der Waals surface area contributed by atoms with Gasteiger partial charge in [0.1, 0.15) is 29.6 Å². The van der Waals surface area contributed by atoms with Crippen LogP contribution in [0.15, 0.2) is 97.1 Å². The molecule has 1 aliphatic rings. The number of benzene rings is 3. The maximum atomic E-state index is 13.5. The van der Waals surface area contributed by atoms with Gasteiger partial charge in [-0.15, -0.1) is 0 Å². The third-order valence-corrected chi connectivity index (χ3v) is 7.90. The average molecular weight is 601 g/mol. The van der Waals surface area contributed by atoms with E-state index in [-0.39, 0.29) is 27.9 Å². The predicted molar refractivity (Wildman–Crippen MR) is 161 cm³/mol. The van der Waals surface area contributed by atoms with Gasteiger partial charge in [-0.1, -0.05) is 78.1 Å². The van der Waals surface area contributed by atoms with E-state index < -0.39 is 23.7 Å². The van der Waals surface area contributed by atoms with Crippen molar-refractivity contribution in [3.63, 3.8) is 0 Å². The van der Waals surface area contributed by atoms with Gasteiger partial charge in [-0.05, 0) is 54.4 Å². The van der Waals surface area contributed by atoms with E-state index in [0.29, 0.717) is 34.2 Å². The van der Waals surface area contributed by atoms with E-state index in [1.807, 2.05) is 30.3 Å². The molecule has 1 fully saturated rings. The number of Topliss-reactive ketones (excluding diaryl/α,β-unsaturated/α-hetero) is 1. The summed E-state index contributed by atoms with van der Waals surface area (Å²) in [4.78, 5) is 45.3. The first-order chi connectivity index (χ1) is 20.3. The van der Waals surface area contributed by atoms with Crippen molar-refractivity contribution in [2.24, 2.45) is 0 Å². The van der Waals surface area contributed by atoms with Crippen LogP contribution < -0.4 is 9.64 Å². The van der Waals surface area contributed by atoms with Gasteiger partial charge >= 0.3 is 11.9 Å². The van der Waals surface area contributed by atoms with E-state index in [1.165, 1.54) is 11.0 Å². The lowest BCUT2D eigenvalue weighted by Crippen LogP contribution is -2.29. The second kappa shape index (κ2) is 12.4. The van der Waals surface area contributed by atoms with Crippen LogP contribution in [0.2, 0.25) is 5.02 Å². The Morgan fingerprint density at radius 2 is 1.76 bits per heavy atom. The zero-order valence-corrected chi connectivity index (χ0v) is 24.0. The normalized spacial score (nSPS) is 16.0. The monoisotopic (exact) mass is 600 g/mol. The number of thiazole rings is 1. The van der Waals surface area contributed by atoms with E-state index in [0.717, 1.165) is 16.9 Å². The number of esters is 1. The lowest BCUT2D eigenvalue weighted by molar-refractivity contribution is -0.132. The molecule has 1 N–H and O–H groups in total. The highest BCUT2D eigenvalue weighted by Gasteiger charge is 2.48. The van der Waals surface area contributed by atoms with Gasteiger partial charge in [0, 0.05) is 10.6 Å². The molecule has 1 aromatic heterocycles. The number of aromatic nitrogens is 1. The van der Waals surface area contributed by atoms with Gasteiger partial charge in [-0.25, -0.2) is 9.78 Å². The van der Waals surface area contributed by atoms with Gasteiger partial charge in [0.15, 0.2) is 5.13 Å². The fourth-order valence-electron chi connectivity index (χ4n) is 4.47. The minimum absolute atomic E-state index is 0.0108. The van der Waals surface area contributed by atoms with E-state index in [9.17, 15) is 19.5 Å². The van der Waals surface area contributed by atoms with Crippen LogP contribution in [0.3, 0.4) is 0 Å². The van der Waals surface area contributed by atoms with Crippen molar-refractivity contribution < 1.29 is 29.0 Å². The third kappa shape index (κ3) is 5.83. The molecule has 10 heteroatoms. The number of aryl methyl sites for hydroxylation is 1. The molecule has 4 aromatic rings. The standard InChI is InChI=1S/C32H25ClN2O6S/c1-3-17-40-31(39)29-19(2)34-32(42-29)35-26(21-9-13-23(33)14-10-21)25(28(37)30(35)38)27(36)22-11-15-24(16-12-22)41-18-20-7-5-4-6-8-20/h3-16,26,36H,1,17-18H2,2H3/b27-25+. The summed E-state index contributed by atoms with van der Waals surface area (Å²) in [5, 5.41) is 12.0. The highest BCUT2D eigenvalue weighted by atomic mass is 35.5. The molecule has 0 saturated carbocycles. The van der Waals surface area contributed by atoms with Gasteiger partial charge < -0.3 is 14.6 Å². The fourth-order valence-corrected chi connectivity index (χ4v) is 5.58. The number of carbonyl (C=O) groups is 3. The lowest BCUT2D eigenvalue weighted by atomic mass is 9.95. The molecule has 3 aromatic carbocycles. The molecule has 42 heavy (non-hydrogen) atoms. The van der Waals surface area contributed by atoms with Gasteiger partial charge in [0.2, 0.25) is 0 Å². The number of carbonyl (C=O) groups excluding carboxylic acids is 3. The largest absolute Gasteiger partial charge is 0.507 e. The maximum absolute atomic E-state index is 13.5. The Kier molecular flexibility index (Phi) is 8.51. The summed E-state index contributed by atoms with van der Waals surface area (Å²) in [6.07, 6.45) is 1.44. The molecule has 1 unspecified atom stereocenters. The molecule has 1 amide bonds. The zero-order valence-electron chi connectivity index (χ0n) is 22.5. The van der Waals surface area contributed by atoms with Crippen LogP contribution in [0.1, 0.15) is 38.1 Å². The number of ketones is 1. The lowest BCUT2D eigenvalue weighted by Gasteiger charge is -2.23. The predicted octanol–water partition coefficient (Wildman–Crippen LogP) is 6.65. The number of anilines is 1. The summed E-state index contributed by atoms with van der Waals surface area (Å²) >= 11 is 7.04. The number of hydrogen-bond donors (Lipinski definition) is 1. The zero-order chi connectivity index (χ0) is 29.8. The summed E-state index contributed by atoms with van der Waals surface area (Å²) in [5.74, 6) is -2.19. The van der Waals surface area contributed by atoms with Crippen LogP contribution in [-0.4, -0.2) is 34.4 Å². The molecular formula is C32H25ClN2O6S. The SMILES string of the molecule is C=CCOC(=O)c1sc(N2C(=O)C(=O)/C(=C(/O)c3ccc(OCc4ccccc4)cc3)C2c2ccc(Cl)cc2)nc1C. The molecule has 8 nitrogen and oxygen atoms in total. The van der Waals surface area contributed by atoms with Crippen LogP contribution in [0, 0.1) is 6.92 Å². The van der Waals surface area contributed by atoms with Crippen LogP contribution in [0.25, 0.3) is 5.76 Å². The number of amides is 1. The number of aliphatic hydroxyl groups excluding tert-OH is 1. The molecule has 212 valence electrons. The second-order valence-electron chi connectivity index (χ2n) is 9.32. The first-order valence-electron chi connectivity index (χ1n) is 12.9. The molecule has 0 spiro atoms. The summed E-state index contributed by atoms with van der Waals surface area (Å²) in [5.41, 5.74) is 2.06. The van der Waals surface area contributed by atoms with E-state index in [2.05, 4.69) is 11.6 Å². The van der Waals surface area contributed by atoms with Gasteiger partial charge in [-0.2, -0.15) is 0 Å². The van der Waals surface area contributed by atoms with Crippen molar-refractivity contribution in [1.29, 1.82) is 0 Å². The Hall–Kier alpha value is -4.73. The van der Waals surface area contributed by atoms with E-state index in [1.54, 1.807) is 55.5 Å². The van der Waals surface area contributed by atoms with Crippen LogP contribution in [0.4, 0.5) is 5.13 Å². The van der Waals surface area contributed by atoms with Crippen molar-refractivity contribution >= 4 is 51.5 Å². The molecular weight excluding hydrogens is 576 g/mol. The first-order valence-corrected chi connectivity index (χ1v) is 14.1. The van der Waals surface area contributed by atoms with Gasteiger partial charge in [-0.3, -0.25) is 14.5 Å². The Labute approximate surface area is 251 Å². The Morgan fingerprint density at radius 1 is 1.07 bits per heavy atom. The molecule has 5 rings (SSSR count). The smallest absolute Gasteiger partial charge is 0.350 e. The topological polar surface area (TPSA) is 106 Å². The minimum Gasteiger partial charge on any atom is -0.507 e. The van der Waals surface area contributed by atoms with Crippen molar-refractivity contribution in [1.82, 2.24) is 4.98 Å². The van der Waals surface area contributed by atoms with E-state index >= 15 is 0 Å². The molecule has 0 bridgehead atoms. The first kappa shape index (κ1) is 28.8. The number of halogens is 1. The quantitative estimate of drug-likeness (QED) is 0.0753. The van der Waals surface area contributed by atoms with Gasteiger partial charge in [0.25, 0.3) is 5.78 Å². The number of ether oxygens (including phenoxy) is 2. The highest BCUT2D eigenvalue weighted by Crippen LogP contribution is 2.44. The average Bonchev–Trinajstić information content (AvgIpc) is 3.51. The summed E-state index contributed by atoms with van der Waals surface area (Å²) < 4.78 is 11.0. The van der Waals surface area contributed by atoms with E-state index in [4.69, 9.17) is 21.1 Å². The van der Waals surface area contributed by atoms with Crippen molar-refractivity contribution in [3.8, 4) is 5.75 Å². The molecule has 0 radical (unpaired) electrons. The summed E-state index contributed by atoms with van der Waals surface area (Å²) in [6, 6.07) is 21.8. The number of rotatable bonds is 9. The maximum Gasteiger partial charge on any atom is 0.350 e. The van der Waals surface area contributed by atoms with Crippen molar-refractivity contribution in [2.75, 3.05) is 11.5 Å². The molecule has 1 atom stereocenters. The number of nitrogens with zero attached hydrogens (tertiary/aromatic N) is 2. The van der Waals surface area contributed by atoms with Crippen molar-refractivity contribution in [2.45, 2.75) is 19.6 Å². The van der Waals surface area contributed by atoms with Crippen LogP contribution in [0.5, 0.6) is 5.75 Å². The van der Waals surface area contributed by atoms with Gasteiger partial charge in [0.05, 0.1) is 17.3 Å². The van der Waals surface area contributed by atoms with Crippen LogP contribution in [-0.2, 0) is 20.9 Å². The Morgan fingerprint density at radius 3 is 2.43 bits per heavy atom. The summed E-state index contributed by atoms with van der Waals surface area (Å²) in [7, 11) is 0. The van der Waals surface area contributed by atoms with Crippen molar-refractivity contribution in [3.05, 3.63) is 129 Å². The Balaban J connectivity index is 1.52. The molecule has 1 aliphatic heterocycles. The molecule has 1 saturated heterocycles. The second-order valence-corrected chi connectivity index (χ2v) is 10.7. The number of hydrogen-bond acceptors (Lipinski definition) is 8. The molecule has 0 aliphatic carbocycles. The minimum atomic E-state index is -1.03. The van der Waals surface area contributed by atoms with Crippen LogP contribution >= 0.6 is 22.9 Å². The highest BCUT2D eigenvalue weighted by molar-refractivity contribution is 7.17. The summed E-state index contributed by atoms with van der Waals surface area (Å²) in [6.45, 7) is 5.52.